The first-order chi connectivity index (χ1) is 9.59. The molecule has 1 aliphatic rings. The molecular weight excluding hydrogens is 250 g/mol. The molecule has 0 aliphatic carbocycles. The van der Waals surface area contributed by atoms with E-state index >= 15 is 0 Å². The quantitative estimate of drug-likeness (QED) is 0.842. The van der Waals surface area contributed by atoms with Gasteiger partial charge in [0.1, 0.15) is 5.82 Å². The Morgan fingerprint density at radius 1 is 1.30 bits per heavy atom. The summed E-state index contributed by atoms with van der Waals surface area (Å²) in [7, 11) is 1.84. The first-order valence-corrected chi connectivity index (χ1v) is 7.31. The number of hydrogen-bond acceptors (Lipinski definition) is 3. The molecule has 1 fully saturated rings. The van der Waals surface area contributed by atoms with Gasteiger partial charge in [-0.15, -0.1) is 0 Å². The molecule has 0 saturated carbocycles. The van der Waals surface area contributed by atoms with Gasteiger partial charge in [-0.05, 0) is 45.4 Å². The number of rotatable bonds is 2. The van der Waals surface area contributed by atoms with E-state index in [1.807, 2.05) is 31.3 Å². The summed E-state index contributed by atoms with van der Waals surface area (Å²) >= 11 is 0. The Hall–Kier alpha value is -1.68. The highest BCUT2D eigenvalue weighted by Gasteiger charge is 2.31. The zero-order chi connectivity index (χ0) is 14.3. The van der Waals surface area contributed by atoms with Gasteiger partial charge in [-0.1, -0.05) is 12.1 Å². The Balaban J connectivity index is 2.17. The fourth-order valence-corrected chi connectivity index (χ4v) is 3.22. The third-order valence-electron chi connectivity index (χ3n) is 4.27. The van der Waals surface area contributed by atoms with Crippen LogP contribution in [0.15, 0.2) is 29.1 Å². The topological polar surface area (TPSA) is 38.1 Å². The second kappa shape index (κ2) is 5.02. The van der Waals surface area contributed by atoms with Crippen molar-refractivity contribution >= 4 is 10.9 Å². The van der Waals surface area contributed by atoms with E-state index in [1.165, 1.54) is 6.42 Å². The van der Waals surface area contributed by atoms with Crippen molar-refractivity contribution in [3.63, 3.8) is 0 Å². The van der Waals surface area contributed by atoms with E-state index < -0.39 is 0 Å². The van der Waals surface area contributed by atoms with Crippen LogP contribution < -0.4 is 5.56 Å². The Bertz CT molecular complexity index is 690. The molecule has 1 aromatic carbocycles. The molecule has 0 radical (unpaired) electrons. The van der Waals surface area contributed by atoms with E-state index in [2.05, 4.69) is 18.7 Å². The van der Waals surface area contributed by atoms with Crippen LogP contribution in [0.25, 0.3) is 10.9 Å². The number of benzene rings is 1. The summed E-state index contributed by atoms with van der Waals surface area (Å²) in [5, 5.41) is 0.702. The van der Waals surface area contributed by atoms with Gasteiger partial charge in [-0.3, -0.25) is 14.3 Å². The average molecular weight is 271 g/mol. The zero-order valence-electron chi connectivity index (χ0n) is 12.3. The minimum absolute atomic E-state index is 0.0567. The van der Waals surface area contributed by atoms with Crippen molar-refractivity contribution in [3.8, 4) is 0 Å². The van der Waals surface area contributed by atoms with Crippen LogP contribution >= 0.6 is 0 Å². The van der Waals surface area contributed by atoms with Crippen molar-refractivity contribution in [2.45, 2.75) is 38.8 Å². The Morgan fingerprint density at radius 3 is 2.80 bits per heavy atom. The minimum atomic E-state index is 0.0567. The van der Waals surface area contributed by atoms with Gasteiger partial charge in [0.05, 0.1) is 16.9 Å². The molecule has 0 amide bonds. The van der Waals surface area contributed by atoms with Gasteiger partial charge >= 0.3 is 0 Å². The van der Waals surface area contributed by atoms with Crippen molar-refractivity contribution in [3.05, 3.63) is 40.4 Å². The lowest BCUT2D eigenvalue weighted by atomic mass is 10.1. The average Bonchev–Trinajstić information content (AvgIpc) is 2.92. The standard InChI is InChI=1S/C16H21N3O/c1-11(2)19-10-6-9-14(19)15-17-13-8-5-4-7-12(13)16(20)18(15)3/h4-5,7-8,11,14H,6,9-10H2,1-3H3. The van der Waals surface area contributed by atoms with E-state index in [1.54, 1.807) is 4.57 Å². The predicted octanol–water partition coefficient (Wildman–Crippen LogP) is 2.48. The summed E-state index contributed by atoms with van der Waals surface area (Å²) in [6.45, 7) is 5.50. The number of aromatic nitrogens is 2. The van der Waals surface area contributed by atoms with E-state index in [4.69, 9.17) is 4.98 Å². The SMILES string of the molecule is CC(C)N1CCCC1c1nc2ccccc2c(=O)n1C. The van der Waals surface area contributed by atoms with Crippen molar-refractivity contribution < 1.29 is 0 Å². The van der Waals surface area contributed by atoms with Crippen LogP contribution in [0.3, 0.4) is 0 Å². The summed E-state index contributed by atoms with van der Waals surface area (Å²) in [6.07, 6.45) is 2.25. The lowest BCUT2D eigenvalue weighted by molar-refractivity contribution is 0.195. The van der Waals surface area contributed by atoms with Crippen molar-refractivity contribution in [2.75, 3.05) is 6.54 Å². The third kappa shape index (κ3) is 2.04. The summed E-state index contributed by atoms with van der Waals surface area (Å²) in [5.41, 5.74) is 0.863. The largest absolute Gasteiger partial charge is 0.298 e. The van der Waals surface area contributed by atoms with Crippen LogP contribution in [0.5, 0.6) is 0 Å². The smallest absolute Gasteiger partial charge is 0.261 e. The van der Waals surface area contributed by atoms with Gasteiger partial charge in [0.2, 0.25) is 0 Å². The van der Waals surface area contributed by atoms with E-state index in [9.17, 15) is 4.79 Å². The van der Waals surface area contributed by atoms with Crippen LogP contribution in [0, 0.1) is 0 Å². The van der Waals surface area contributed by atoms with Crippen LogP contribution in [0.2, 0.25) is 0 Å². The van der Waals surface area contributed by atoms with E-state index in [-0.39, 0.29) is 11.6 Å². The molecule has 2 heterocycles. The summed E-state index contributed by atoms with van der Waals surface area (Å²) in [6, 6.07) is 8.34. The summed E-state index contributed by atoms with van der Waals surface area (Å²) in [4.78, 5) is 19.7. The molecule has 0 N–H and O–H groups in total. The lowest BCUT2D eigenvalue weighted by Crippen LogP contribution is -2.34. The highest BCUT2D eigenvalue weighted by molar-refractivity contribution is 5.77. The van der Waals surface area contributed by atoms with Gasteiger partial charge in [0.25, 0.3) is 5.56 Å². The Morgan fingerprint density at radius 2 is 2.05 bits per heavy atom. The zero-order valence-corrected chi connectivity index (χ0v) is 12.3. The molecule has 0 bridgehead atoms. The van der Waals surface area contributed by atoms with E-state index in [0.717, 1.165) is 24.3 Å². The first-order valence-electron chi connectivity index (χ1n) is 7.31. The molecule has 2 aromatic rings. The monoisotopic (exact) mass is 271 g/mol. The van der Waals surface area contributed by atoms with Crippen molar-refractivity contribution in [1.82, 2.24) is 14.5 Å². The molecule has 0 spiro atoms. The van der Waals surface area contributed by atoms with Crippen molar-refractivity contribution in [1.29, 1.82) is 0 Å². The maximum absolute atomic E-state index is 12.5. The normalized spacial score (nSPS) is 20.1. The molecule has 1 aromatic heterocycles. The highest BCUT2D eigenvalue weighted by Crippen LogP contribution is 2.32. The molecule has 3 rings (SSSR count). The van der Waals surface area contributed by atoms with Crippen molar-refractivity contribution in [2.24, 2.45) is 7.05 Å². The van der Waals surface area contributed by atoms with Crippen LogP contribution in [0.1, 0.15) is 38.6 Å². The van der Waals surface area contributed by atoms with Crippen LogP contribution in [-0.4, -0.2) is 27.0 Å². The molecule has 1 atom stereocenters. The second-order valence-electron chi connectivity index (χ2n) is 5.84. The van der Waals surface area contributed by atoms with Gasteiger partial charge < -0.3 is 0 Å². The van der Waals surface area contributed by atoms with Gasteiger partial charge in [0.15, 0.2) is 0 Å². The molecule has 1 aliphatic heterocycles. The predicted molar refractivity (Wildman–Crippen MR) is 80.8 cm³/mol. The fourth-order valence-electron chi connectivity index (χ4n) is 3.22. The molecule has 106 valence electrons. The number of nitrogens with zero attached hydrogens (tertiary/aromatic N) is 3. The highest BCUT2D eigenvalue weighted by atomic mass is 16.1. The fraction of sp³-hybridized carbons (Fsp3) is 0.500. The minimum Gasteiger partial charge on any atom is -0.298 e. The first kappa shape index (κ1) is 13.3. The van der Waals surface area contributed by atoms with Gasteiger partial charge in [-0.2, -0.15) is 0 Å². The number of hydrogen-bond donors (Lipinski definition) is 0. The van der Waals surface area contributed by atoms with Gasteiger partial charge in [-0.25, -0.2) is 4.98 Å². The molecule has 1 saturated heterocycles. The molecule has 4 heteroatoms. The number of para-hydroxylation sites is 1. The van der Waals surface area contributed by atoms with Crippen LogP contribution in [-0.2, 0) is 7.05 Å². The maximum atomic E-state index is 12.5. The lowest BCUT2D eigenvalue weighted by Gasteiger charge is -2.28. The summed E-state index contributed by atoms with van der Waals surface area (Å²) in [5.74, 6) is 0.903. The van der Waals surface area contributed by atoms with Crippen LogP contribution in [0.4, 0.5) is 0 Å². The number of likely N-dealkylation sites (tertiary alicyclic amines) is 1. The summed E-state index contributed by atoms with van der Waals surface area (Å²) < 4.78 is 1.73. The maximum Gasteiger partial charge on any atom is 0.261 e. The molecule has 20 heavy (non-hydrogen) atoms. The Labute approximate surface area is 119 Å². The Kier molecular flexibility index (Phi) is 3.34. The molecular formula is C16H21N3O. The van der Waals surface area contributed by atoms with E-state index in [0.29, 0.717) is 11.4 Å². The molecule has 1 unspecified atom stereocenters. The molecule has 4 nitrogen and oxygen atoms in total. The second-order valence-corrected chi connectivity index (χ2v) is 5.84. The number of fused-ring (bicyclic) bond motifs is 1. The third-order valence-corrected chi connectivity index (χ3v) is 4.27. The van der Waals surface area contributed by atoms with Gasteiger partial charge in [0, 0.05) is 13.1 Å².